The van der Waals surface area contributed by atoms with Gasteiger partial charge in [0.2, 0.25) is 0 Å². The second kappa shape index (κ2) is 8.61. The molecule has 1 aromatic carbocycles. The number of nitrogens with zero attached hydrogens (tertiary/aromatic N) is 2. The Labute approximate surface area is 188 Å². The van der Waals surface area contributed by atoms with E-state index in [-0.39, 0.29) is 29.7 Å². The van der Waals surface area contributed by atoms with Crippen LogP contribution in [0.5, 0.6) is 0 Å². The molecule has 168 valence electrons. The van der Waals surface area contributed by atoms with E-state index in [2.05, 4.69) is 37.9 Å². The van der Waals surface area contributed by atoms with Crippen molar-refractivity contribution in [3.63, 3.8) is 0 Å². The van der Waals surface area contributed by atoms with Gasteiger partial charge in [-0.1, -0.05) is 0 Å². The van der Waals surface area contributed by atoms with Crippen LogP contribution in [0.15, 0.2) is 24.3 Å². The Balaban J connectivity index is 1.27. The number of benzene rings is 1. The molecular formula is C22H25FN6O2S. The van der Waals surface area contributed by atoms with E-state index in [1.54, 1.807) is 12.1 Å². The van der Waals surface area contributed by atoms with Crippen LogP contribution in [0.1, 0.15) is 37.3 Å². The van der Waals surface area contributed by atoms with Crippen LogP contribution < -0.4 is 16.0 Å². The van der Waals surface area contributed by atoms with Crippen LogP contribution in [0.25, 0.3) is 10.9 Å². The first kappa shape index (κ1) is 21.0. The maximum absolute atomic E-state index is 13.5. The van der Waals surface area contributed by atoms with E-state index >= 15 is 0 Å². The normalized spacial score (nSPS) is 21.3. The zero-order valence-electron chi connectivity index (χ0n) is 17.7. The van der Waals surface area contributed by atoms with Crippen molar-refractivity contribution in [2.75, 3.05) is 26.7 Å². The van der Waals surface area contributed by atoms with Crippen LogP contribution >= 0.6 is 11.3 Å². The Morgan fingerprint density at radius 1 is 1.22 bits per heavy atom. The molecule has 2 aliphatic rings. The van der Waals surface area contributed by atoms with Crippen molar-refractivity contribution in [1.82, 2.24) is 30.8 Å². The lowest BCUT2D eigenvalue weighted by Gasteiger charge is -2.33. The summed E-state index contributed by atoms with van der Waals surface area (Å²) in [6.07, 6.45) is 1.54. The number of hydrogen-bond donors (Lipinski definition) is 4. The lowest BCUT2D eigenvalue weighted by molar-refractivity contribution is 0.0866. The third kappa shape index (κ3) is 4.25. The summed E-state index contributed by atoms with van der Waals surface area (Å²) < 4.78 is 13.5. The average molecular weight is 457 g/mol. The molecule has 4 heterocycles. The summed E-state index contributed by atoms with van der Waals surface area (Å²) in [5.74, 6) is -0.832. The number of likely N-dealkylation sites (N-methyl/N-ethyl adjacent to an activating group) is 1. The number of carbonyl (C=O) groups excluding carboxylic acids is 2. The van der Waals surface area contributed by atoms with E-state index in [0.29, 0.717) is 34.6 Å². The summed E-state index contributed by atoms with van der Waals surface area (Å²) in [7, 11) is 2.06. The SMILES string of the molecule is CN1CCc2nc(C(=O)NC3CNCCC3NC(=O)c3cc4cc(F)ccc4[nH]3)sc2C1. The Hall–Kier alpha value is -2.82. The Kier molecular flexibility index (Phi) is 5.66. The van der Waals surface area contributed by atoms with Crippen molar-refractivity contribution in [1.29, 1.82) is 0 Å². The molecule has 32 heavy (non-hydrogen) atoms. The molecule has 2 amide bonds. The fourth-order valence-electron chi connectivity index (χ4n) is 4.31. The van der Waals surface area contributed by atoms with Gasteiger partial charge in [-0.3, -0.25) is 9.59 Å². The number of amides is 2. The molecule has 4 N–H and O–H groups in total. The zero-order valence-corrected chi connectivity index (χ0v) is 18.5. The summed E-state index contributed by atoms with van der Waals surface area (Å²) in [6, 6.07) is 5.51. The summed E-state index contributed by atoms with van der Waals surface area (Å²) in [6.45, 7) is 3.06. The van der Waals surface area contributed by atoms with Gasteiger partial charge in [-0.25, -0.2) is 9.37 Å². The largest absolute Gasteiger partial charge is 0.351 e. The van der Waals surface area contributed by atoms with Crippen LogP contribution in [-0.4, -0.2) is 65.4 Å². The Morgan fingerprint density at radius 2 is 2.06 bits per heavy atom. The summed E-state index contributed by atoms with van der Waals surface area (Å²) in [5, 5.41) is 10.5. The first-order chi connectivity index (χ1) is 15.5. The van der Waals surface area contributed by atoms with Crippen molar-refractivity contribution < 1.29 is 14.0 Å². The van der Waals surface area contributed by atoms with E-state index in [4.69, 9.17) is 0 Å². The van der Waals surface area contributed by atoms with Gasteiger partial charge >= 0.3 is 0 Å². The second-order valence-electron chi connectivity index (χ2n) is 8.44. The summed E-state index contributed by atoms with van der Waals surface area (Å²) in [5.41, 5.74) is 2.08. The summed E-state index contributed by atoms with van der Waals surface area (Å²) in [4.78, 5) is 36.7. The van der Waals surface area contributed by atoms with Crippen molar-refractivity contribution in [2.24, 2.45) is 0 Å². The van der Waals surface area contributed by atoms with Crippen molar-refractivity contribution in [3.05, 3.63) is 51.4 Å². The van der Waals surface area contributed by atoms with E-state index in [1.165, 1.54) is 23.5 Å². The van der Waals surface area contributed by atoms with E-state index < -0.39 is 0 Å². The quantitative estimate of drug-likeness (QED) is 0.478. The highest BCUT2D eigenvalue weighted by molar-refractivity contribution is 7.13. The van der Waals surface area contributed by atoms with Crippen LogP contribution in [0, 0.1) is 5.82 Å². The predicted molar refractivity (Wildman–Crippen MR) is 120 cm³/mol. The van der Waals surface area contributed by atoms with Gasteiger partial charge in [0.25, 0.3) is 11.8 Å². The monoisotopic (exact) mass is 456 g/mol. The molecule has 8 nitrogen and oxygen atoms in total. The predicted octanol–water partition coefficient (Wildman–Crippen LogP) is 1.64. The molecule has 0 radical (unpaired) electrons. The lowest BCUT2D eigenvalue weighted by atomic mass is 10.0. The van der Waals surface area contributed by atoms with Gasteiger partial charge in [-0.2, -0.15) is 0 Å². The van der Waals surface area contributed by atoms with Crippen LogP contribution in [0.4, 0.5) is 4.39 Å². The van der Waals surface area contributed by atoms with Crippen LogP contribution in [-0.2, 0) is 13.0 Å². The zero-order chi connectivity index (χ0) is 22.2. The smallest absolute Gasteiger partial charge is 0.280 e. The Bertz CT molecular complexity index is 1170. The van der Waals surface area contributed by atoms with Crippen LogP contribution in [0.2, 0.25) is 0 Å². The number of aromatic amines is 1. The molecule has 2 atom stereocenters. The van der Waals surface area contributed by atoms with Crippen molar-refractivity contribution >= 4 is 34.1 Å². The Morgan fingerprint density at radius 3 is 2.94 bits per heavy atom. The van der Waals surface area contributed by atoms with Gasteiger partial charge in [-0.15, -0.1) is 11.3 Å². The molecule has 0 saturated carbocycles. The number of carbonyl (C=O) groups is 2. The number of piperidine rings is 1. The number of halogens is 1. The molecule has 2 aliphatic heterocycles. The number of rotatable bonds is 4. The molecule has 1 fully saturated rings. The van der Waals surface area contributed by atoms with E-state index in [1.807, 2.05) is 0 Å². The number of thiazole rings is 1. The van der Waals surface area contributed by atoms with Gasteiger partial charge in [0.15, 0.2) is 5.01 Å². The highest BCUT2D eigenvalue weighted by Gasteiger charge is 2.30. The highest BCUT2D eigenvalue weighted by Crippen LogP contribution is 2.24. The maximum Gasteiger partial charge on any atom is 0.280 e. The fraction of sp³-hybridized carbons (Fsp3) is 0.409. The first-order valence-corrected chi connectivity index (χ1v) is 11.6. The maximum atomic E-state index is 13.5. The molecule has 2 aromatic heterocycles. The fourth-order valence-corrected chi connectivity index (χ4v) is 5.40. The van der Waals surface area contributed by atoms with Gasteiger partial charge < -0.3 is 25.8 Å². The minimum absolute atomic E-state index is 0.207. The van der Waals surface area contributed by atoms with Crippen LogP contribution in [0.3, 0.4) is 0 Å². The number of nitrogens with one attached hydrogen (secondary N) is 4. The molecule has 3 aromatic rings. The minimum Gasteiger partial charge on any atom is -0.351 e. The van der Waals surface area contributed by atoms with Gasteiger partial charge in [0.1, 0.15) is 11.5 Å². The standard InChI is InChI=1S/C22H25FN6O2S/c1-29-7-5-16-19(11-29)32-22(28-16)21(31)27-18-10-24-6-4-15(18)26-20(30)17-9-12-8-13(23)2-3-14(12)25-17/h2-3,8-9,15,18,24-25H,4-7,10-11H2,1H3,(H,26,30)(H,27,31). The van der Waals surface area contributed by atoms with Gasteiger partial charge in [0.05, 0.1) is 17.8 Å². The lowest BCUT2D eigenvalue weighted by Crippen LogP contribution is -2.59. The number of H-pyrrole nitrogens is 1. The number of aromatic nitrogens is 2. The topological polar surface area (TPSA) is 102 Å². The van der Waals surface area contributed by atoms with Crippen molar-refractivity contribution in [3.8, 4) is 0 Å². The molecule has 5 rings (SSSR count). The van der Waals surface area contributed by atoms with E-state index in [0.717, 1.165) is 36.6 Å². The van der Waals surface area contributed by atoms with Crippen molar-refractivity contribution in [2.45, 2.75) is 31.5 Å². The van der Waals surface area contributed by atoms with Gasteiger partial charge in [-0.05, 0) is 44.3 Å². The highest BCUT2D eigenvalue weighted by atomic mass is 32.1. The number of fused-ring (bicyclic) bond motifs is 2. The third-order valence-corrected chi connectivity index (χ3v) is 7.14. The third-order valence-electron chi connectivity index (χ3n) is 6.06. The molecule has 1 saturated heterocycles. The minimum atomic E-state index is -0.347. The summed E-state index contributed by atoms with van der Waals surface area (Å²) >= 11 is 1.44. The van der Waals surface area contributed by atoms with E-state index in [9.17, 15) is 14.0 Å². The molecule has 2 unspecified atom stereocenters. The second-order valence-corrected chi connectivity index (χ2v) is 9.53. The average Bonchev–Trinajstić information content (AvgIpc) is 3.38. The molecular weight excluding hydrogens is 431 g/mol. The molecule has 0 spiro atoms. The molecule has 10 heteroatoms. The molecule has 0 bridgehead atoms. The first-order valence-electron chi connectivity index (χ1n) is 10.7. The number of hydrogen-bond acceptors (Lipinski definition) is 6. The molecule has 0 aliphatic carbocycles. The van der Waals surface area contributed by atoms with Gasteiger partial charge in [0, 0.05) is 41.8 Å².